The van der Waals surface area contributed by atoms with Crippen molar-refractivity contribution in [3.63, 3.8) is 0 Å². The molecule has 7 aromatic rings. The van der Waals surface area contributed by atoms with Crippen LogP contribution in [0.15, 0.2) is 103 Å². The summed E-state index contributed by atoms with van der Waals surface area (Å²) < 4.78 is 16.1. The zero-order valence-corrected chi connectivity index (χ0v) is 24.8. The van der Waals surface area contributed by atoms with Crippen LogP contribution in [0.25, 0.3) is 44.4 Å². The van der Waals surface area contributed by atoms with Gasteiger partial charge in [-0.05, 0) is 54.2 Å². The zero-order valence-electron chi connectivity index (χ0n) is 23.2. The molecule has 7 heteroatoms. The number of fused-ring (bicyclic) bond motifs is 3. The predicted molar refractivity (Wildman–Crippen MR) is 161 cm³/mol. The monoisotopic (exact) mass is 640 g/mol. The molecule has 0 saturated carbocycles. The number of nitrogens with zero attached hydrogens (tertiary/aromatic N) is 4. The van der Waals surface area contributed by atoms with E-state index in [2.05, 4.69) is 71.1 Å². The summed E-state index contributed by atoms with van der Waals surface area (Å²) in [6, 6.07) is 39.1. The molecular weight excluding hydrogens is 615 g/mol. The molecule has 0 unspecified atom stereocenters. The van der Waals surface area contributed by atoms with Crippen molar-refractivity contribution in [1.82, 2.24) is 19.3 Å². The molecule has 0 bridgehead atoms. The number of hydrogen-bond donors (Lipinski definition) is 0. The Morgan fingerprint density at radius 3 is 2.36 bits per heavy atom. The summed E-state index contributed by atoms with van der Waals surface area (Å²) >= 11 is 0. The largest absolute Gasteiger partial charge is 2.00 e. The van der Waals surface area contributed by atoms with Gasteiger partial charge in [-0.1, -0.05) is 54.0 Å². The minimum Gasteiger partial charge on any atom is -0.509 e. The van der Waals surface area contributed by atoms with Crippen molar-refractivity contribution < 1.29 is 29.9 Å². The summed E-state index contributed by atoms with van der Waals surface area (Å²) in [7, 11) is 1.66. The van der Waals surface area contributed by atoms with E-state index in [-0.39, 0.29) is 20.4 Å². The number of pyridine rings is 1. The van der Waals surface area contributed by atoms with Crippen LogP contribution in [0.5, 0.6) is 17.4 Å². The predicted octanol–water partition coefficient (Wildman–Crippen LogP) is 8.05. The van der Waals surface area contributed by atoms with Crippen molar-refractivity contribution in [3.05, 3.63) is 127 Å². The van der Waals surface area contributed by atoms with Crippen LogP contribution in [-0.2, 0) is 20.4 Å². The molecule has 0 aliphatic rings. The number of hydrogen-bond acceptors (Lipinski definition) is 4. The second-order valence-electron chi connectivity index (χ2n) is 9.88. The van der Waals surface area contributed by atoms with Gasteiger partial charge in [0.25, 0.3) is 0 Å². The third-order valence-electron chi connectivity index (χ3n) is 7.16. The summed E-state index contributed by atoms with van der Waals surface area (Å²) in [4.78, 5) is 4.66. The zero-order chi connectivity index (χ0) is 27.9. The number of para-hydroxylation sites is 1. The Bertz CT molecular complexity index is 2050. The van der Waals surface area contributed by atoms with Crippen molar-refractivity contribution in [1.29, 1.82) is 0 Å². The molecule has 6 nitrogen and oxygen atoms in total. The molecule has 0 radical (unpaired) electrons. The molecule has 208 valence electrons. The third-order valence-corrected chi connectivity index (χ3v) is 7.16. The average molecular weight is 641 g/mol. The Kier molecular flexibility index (Phi) is 7.38. The normalized spacial score (nSPS) is 11.0. The van der Waals surface area contributed by atoms with Crippen molar-refractivity contribution in [2.75, 3.05) is 7.11 Å². The SMILES string of the molecule is COc1c(-c2ccccc2)c(C)nn1-c1[c-]c(Oc2[c-]c3c(cc2)c2ccccc2n3-c2cc(C)ccn2)ccc1.[Pd+2]. The van der Waals surface area contributed by atoms with Gasteiger partial charge in [-0.2, -0.15) is 17.2 Å². The van der Waals surface area contributed by atoms with E-state index in [0.29, 0.717) is 23.1 Å². The summed E-state index contributed by atoms with van der Waals surface area (Å²) in [5.74, 6) is 2.61. The second kappa shape index (κ2) is 11.3. The maximum absolute atomic E-state index is 6.33. The molecule has 0 amide bonds. The van der Waals surface area contributed by atoms with Crippen LogP contribution in [-0.4, -0.2) is 26.4 Å². The van der Waals surface area contributed by atoms with Crippen molar-refractivity contribution >= 4 is 21.8 Å². The number of rotatable bonds is 6. The molecule has 0 saturated heterocycles. The van der Waals surface area contributed by atoms with Crippen molar-refractivity contribution in [3.8, 4) is 40.0 Å². The van der Waals surface area contributed by atoms with Gasteiger partial charge >= 0.3 is 20.4 Å². The Morgan fingerprint density at radius 2 is 1.55 bits per heavy atom. The van der Waals surface area contributed by atoms with Crippen molar-refractivity contribution in [2.45, 2.75) is 13.8 Å². The summed E-state index contributed by atoms with van der Waals surface area (Å²) in [6.45, 7) is 4.05. The summed E-state index contributed by atoms with van der Waals surface area (Å²) in [5, 5.41) is 7.00. The van der Waals surface area contributed by atoms with Crippen LogP contribution >= 0.6 is 0 Å². The Morgan fingerprint density at radius 1 is 0.762 bits per heavy atom. The standard InChI is InChI=1S/C35H26N4O2.Pd/c1-23-18-19-36-33(20-23)38-31-15-8-7-14-29(31)30-17-16-28(22-32(30)38)41-27-13-9-12-26(21-27)39-35(40-3)34(24(2)37-39)25-10-5-4-6-11-25;/h4-20H,1-3H3;/q-2;+2. The first-order chi connectivity index (χ1) is 20.1. The first-order valence-electron chi connectivity index (χ1n) is 13.4. The van der Waals surface area contributed by atoms with Gasteiger partial charge in [0.2, 0.25) is 5.88 Å². The van der Waals surface area contributed by atoms with Crippen LogP contribution in [0.4, 0.5) is 0 Å². The van der Waals surface area contributed by atoms with Gasteiger partial charge in [0, 0.05) is 23.2 Å². The van der Waals surface area contributed by atoms with E-state index in [0.717, 1.165) is 50.0 Å². The molecule has 0 aliphatic heterocycles. The Balaban J connectivity index is 0.00000316. The fourth-order valence-corrected chi connectivity index (χ4v) is 5.35. The Labute approximate surface area is 257 Å². The molecule has 4 aromatic carbocycles. The van der Waals surface area contributed by atoms with Crippen LogP contribution < -0.4 is 9.47 Å². The van der Waals surface area contributed by atoms with Gasteiger partial charge in [0.05, 0.1) is 18.4 Å². The van der Waals surface area contributed by atoms with Crippen LogP contribution in [0.3, 0.4) is 0 Å². The van der Waals surface area contributed by atoms with Gasteiger partial charge in [0.1, 0.15) is 5.82 Å². The average Bonchev–Trinajstić information content (AvgIpc) is 3.51. The minimum atomic E-state index is 0. The van der Waals surface area contributed by atoms with Gasteiger partial charge < -0.3 is 14.0 Å². The topological polar surface area (TPSA) is 54.1 Å². The molecule has 0 N–H and O–H groups in total. The van der Waals surface area contributed by atoms with Gasteiger partial charge in [-0.15, -0.1) is 35.7 Å². The maximum atomic E-state index is 6.33. The van der Waals surface area contributed by atoms with Crippen LogP contribution in [0, 0.1) is 26.0 Å². The molecule has 0 aliphatic carbocycles. The van der Waals surface area contributed by atoms with E-state index in [1.54, 1.807) is 11.8 Å². The first-order valence-corrected chi connectivity index (χ1v) is 13.4. The van der Waals surface area contributed by atoms with Crippen molar-refractivity contribution in [2.24, 2.45) is 0 Å². The number of aryl methyl sites for hydroxylation is 2. The van der Waals surface area contributed by atoms with E-state index >= 15 is 0 Å². The number of ether oxygens (including phenoxy) is 2. The number of methoxy groups -OCH3 is 1. The summed E-state index contributed by atoms with van der Waals surface area (Å²) in [6.07, 6.45) is 1.83. The van der Waals surface area contributed by atoms with Gasteiger partial charge in [-0.25, -0.2) is 9.67 Å². The molecule has 3 heterocycles. The Hall–Kier alpha value is -4.70. The molecule has 0 spiro atoms. The fourth-order valence-electron chi connectivity index (χ4n) is 5.35. The number of benzene rings is 4. The minimum absolute atomic E-state index is 0. The maximum Gasteiger partial charge on any atom is 2.00 e. The fraction of sp³-hybridized carbons (Fsp3) is 0.0857. The smallest absolute Gasteiger partial charge is 0.509 e. The van der Waals surface area contributed by atoms with Crippen LogP contribution in [0.2, 0.25) is 0 Å². The summed E-state index contributed by atoms with van der Waals surface area (Å²) in [5.41, 5.74) is 6.67. The molecule has 0 fully saturated rings. The molecule has 3 aromatic heterocycles. The molecule has 42 heavy (non-hydrogen) atoms. The third kappa shape index (κ3) is 4.77. The molecular formula is C35H26N4O2Pd. The first kappa shape index (κ1) is 27.5. The van der Waals surface area contributed by atoms with Gasteiger partial charge in [-0.3, -0.25) is 0 Å². The van der Waals surface area contributed by atoms with E-state index in [9.17, 15) is 0 Å². The molecule has 0 atom stereocenters. The van der Waals surface area contributed by atoms with E-state index in [1.807, 2.05) is 67.7 Å². The van der Waals surface area contributed by atoms with Crippen LogP contribution in [0.1, 0.15) is 11.3 Å². The van der Waals surface area contributed by atoms with E-state index in [1.165, 1.54) is 0 Å². The number of aromatic nitrogens is 4. The second-order valence-corrected chi connectivity index (χ2v) is 9.88. The van der Waals surface area contributed by atoms with Gasteiger partial charge in [0.15, 0.2) is 0 Å². The molecule has 7 rings (SSSR count). The van der Waals surface area contributed by atoms with E-state index in [4.69, 9.17) is 14.6 Å². The van der Waals surface area contributed by atoms with E-state index < -0.39 is 0 Å². The quantitative estimate of drug-likeness (QED) is 0.136.